The molecule has 0 radical (unpaired) electrons. The van der Waals surface area contributed by atoms with Crippen LogP contribution in [-0.2, 0) is 6.42 Å². The molecule has 6 nitrogen and oxygen atoms in total. The van der Waals surface area contributed by atoms with E-state index in [1.54, 1.807) is 0 Å². The maximum Gasteiger partial charge on any atom is 0.394 e. The third-order valence-corrected chi connectivity index (χ3v) is 6.97. The molecule has 1 fully saturated rings. The fourth-order valence-corrected chi connectivity index (χ4v) is 4.62. The number of ether oxygens (including phenoxy) is 1. The largest absolute Gasteiger partial charge is 0.431 e. The van der Waals surface area contributed by atoms with E-state index < -0.39 is 36.3 Å². The molecule has 1 N–H and O–H groups in total. The zero-order valence-corrected chi connectivity index (χ0v) is 21.3. The molecule has 2 aromatic rings. The average molecular weight is 537 g/mol. The minimum Gasteiger partial charge on any atom is -0.431 e. The summed E-state index contributed by atoms with van der Waals surface area (Å²) >= 11 is 6.42. The Morgan fingerprint density at radius 1 is 1.25 bits per heavy atom. The smallest absolute Gasteiger partial charge is 0.394 e. The quantitative estimate of drug-likeness (QED) is 0.390. The lowest BCUT2D eigenvalue weighted by Gasteiger charge is -2.27. The number of hydrogen-bond donors (Lipinski definition) is 1. The van der Waals surface area contributed by atoms with Crippen LogP contribution >= 0.6 is 11.6 Å². The number of carbonyl (C=O) groups excluding carboxylic acids is 1. The second-order valence-corrected chi connectivity index (χ2v) is 10.4. The Hall–Kier alpha value is -2.43. The van der Waals surface area contributed by atoms with Crippen LogP contribution in [0.15, 0.2) is 12.3 Å². The zero-order valence-electron chi connectivity index (χ0n) is 20.6. The molecule has 0 saturated heterocycles. The van der Waals surface area contributed by atoms with Gasteiger partial charge in [-0.1, -0.05) is 45.2 Å². The summed E-state index contributed by atoms with van der Waals surface area (Å²) in [7, 11) is 0. The van der Waals surface area contributed by atoms with Gasteiger partial charge < -0.3 is 10.1 Å². The van der Waals surface area contributed by atoms with Crippen molar-refractivity contribution in [1.82, 2.24) is 19.9 Å². The van der Waals surface area contributed by atoms with Gasteiger partial charge in [0.25, 0.3) is 5.91 Å². The molecule has 2 heterocycles. The summed E-state index contributed by atoms with van der Waals surface area (Å²) in [5.41, 5.74) is -2.18. The van der Waals surface area contributed by atoms with Gasteiger partial charge in [-0.3, -0.25) is 9.36 Å². The van der Waals surface area contributed by atoms with Crippen molar-refractivity contribution in [2.75, 3.05) is 6.54 Å². The molecule has 0 spiro atoms. The summed E-state index contributed by atoms with van der Waals surface area (Å²) in [6.45, 7) is 2.91. The molecule has 1 aliphatic rings. The first kappa shape index (κ1) is 28.1. The summed E-state index contributed by atoms with van der Waals surface area (Å²) in [5.74, 6) is -0.00144. The maximum atomic E-state index is 13.3. The monoisotopic (exact) mass is 536 g/mol. The second-order valence-electron chi connectivity index (χ2n) is 10.1. The van der Waals surface area contributed by atoms with Crippen molar-refractivity contribution in [3.63, 3.8) is 0 Å². The predicted molar refractivity (Wildman–Crippen MR) is 125 cm³/mol. The lowest BCUT2D eigenvalue weighted by molar-refractivity contribution is -0.211. The number of nitrogens with one attached hydrogen (secondary N) is 1. The Balaban J connectivity index is 1.87. The summed E-state index contributed by atoms with van der Waals surface area (Å²) in [5, 5.41) is 2.67. The predicted octanol–water partition coefficient (Wildman–Crippen LogP) is 6.52. The van der Waals surface area contributed by atoms with E-state index >= 15 is 0 Å². The van der Waals surface area contributed by atoms with Crippen LogP contribution in [0.5, 0.6) is 5.75 Å². The lowest BCUT2D eigenvalue weighted by Crippen LogP contribution is -2.34. The average Bonchev–Trinajstić information content (AvgIpc) is 3.06. The number of nitrogens with zero attached hydrogens (tertiary/aromatic N) is 3. The van der Waals surface area contributed by atoms with E-state index in [0.717, 1.165) is 56.4 Å². The fraction of sp³-hybridized carbons (Fsp3) is 0.625. The number of aromatic nitrogens is 3. The van der Waals surface area contributed by atoms with Crippen LogP contribution in [0.25, 0.3) is 5.82 Å². The van der Waals surface area contributed by atoms with Gasteiger partial charge in [0, 0.05) is 12.7 Å². The fourth-order valence-electron chi connectivity index (χ4n) is 4.29. The van der Waals surface area contributed by atoms with E-state index in [-0.39, 0.29) is 28.1 Å². The van der Waals surface area contributed by atoms with Crippen LogP contribution < -0.4 is 10.1 Å². The summed E-state index contributed by atoms with van der Waals surface area (Å²) in [6.07, 6.45) is 0.344. The molecular weight excluding hydrogens is 507 g/mol. The molecule has 0 aromatic carbocycles. The first-order chi connectivity index (χ1) is 16.7. The van der Waals surface area contributed by atoms with Gasteiger partial charge in [-0.15, -0.1) is 0 Å². The highest BCUT2D eigenvalue weighted by atomic mass is 35.5. The Labute approximate surface area is 211 Å². The van der Waals surface area contributed by atoms with Gasteiger partial charge in [-0.2, -0.15) is 22.0 Å². The Bertz CT molecular complexity index is 1080. The van der Waals surface area contributed by atoms with E-state index in [1.165, 1.54) is 6.92 Å². The van der Waals surface area contributed by atoms with E-state index in [1.807, 2.05) is 0 Å². The number of alkyl halides is 5. The van der Waals surface area contributed by atoms with E-state index in [9.17, 15) is 26.7 Å². The van der Waals surface area contributed by atoms with E-state index in [0.29, 0.717) is 18.4 Å². The number of carbonyl (C=O) groups is 1. The number of halogens is 6. The van der Waals surface area contributed by atoms with Crippen LogP contribution in [0, 0.1) is 24.2 Å². The number of amides is 1. The van der Waals surface area contributed by atoms with Gasteiger partial charge in [0.15, 0.2) is 17.3 Å². The minimum atomic E-state index is -4.52. The van der Waals surface area contributed by atoms with Crippen molar-refractivity contribution in [1.29, 1.82) is 0 Å². The molecule has 0 aliphatic heterocycles. The third kappa shape index (κ3) is 6.46. The Morgan fingerprint density at radius 2 is 1.89 bits per heavy atom. The molecule has 2 aromatic heterocycles. The van der Waals surface area contributed by atoms with Gasteiger partial charge in [-0.05, 0) is 49.7 Å². The van der Waals surface area contributed by atoms with Crippen molar-refractivity contribution in [2.24, 2.45) is 17.3 Å². The van der Waals surface area contributed by atoms with Crippen molar-refractivity contribution >= 4 is 17.5 Å². The Morgan fingerprint density at radius 3 is 2.47 bits per heavy atom. The normalized spacial score (nSPS) is 19.0. The summed E-state index contributed by atoms with van der Waals surface area (Å²) in [4.78, 5) is 21.0. The SMILES string of the molecule is Cc1nc(C(=O)NCC2CCC(C)CC2)c(Cl)n1-c1ncc(CC(C)(C)C(F)(F)F)cc1OC(F)F. The standard InChI is InChI=1S/C24H30ClF5N4O2/c1-13-5-7-15(8-6-13)11-32-21(35)18-19(25)34(14(2)33-18)20-17(36-22(26)27)9-16(12-31-20)10-23(3,4)24(28,29)30/h9,12-13,15,22H,5-8,10-11H2,1-4H3,(H,32,35). The molecule has 12 heteroatoms. The van der Waals surface area contributed by atoms with Crippen molar-refractivity contribution in [2.45, 2.75) is 72.6 Å². The summed E-state index contributed by atoms with van der Waals surface area (Å²) < 4.78 is 72.0. The van der Waals surface area contributed by atoms with Crippen LogP contribution in [0.3, 0.4) is 0 Å². The van der Waals surface area contributed by atoms with Crippen LogP contribution in [0.1, 0.15) is 68.3 Å². The van der Waals surface area contributed by atoms with Gasteiger partial charge in [-0.25, -0.2) is 9.97 Å². The Kier molecular flexibility index (Phi) is 8.52. The van der Waals surface area contributed by atoms with Crippen LogP contribution in [-0.4, -0.2) is 39.8 Å². The molecule has 0 atom stereocenters. The first-order valence-electron chi connectivity index (χ1n) is 11.7. The number of imidazole rings is 1. The highest BCUT2D eigenvalue weighted by Crippen LogP contribution is 2.41. The van der Waals surface area contributed by atoms with Gasteiger partial charge >= 0.3 is 12.8 Å². The minimum absolute atomic E-state index is 0.0467. The first-order valence-corrected chi connectivity index (χ1v) is 12.1. The number of hydrogen-bond acceptors (Lipinski definition) is 4. The molecule has 200 valence electrons. The number of rotatable bonds is 8. The van der Waals surface area contributed by atoms with Crippen LogP contribution in [0.4, 0.5) is 22.0 Å². The van der Waals surface area contributed by atoms with Crippen molar-refractivity contribution in [3.8, 4) is 11.6 Å². The van der Waals surface area contributed by atoms with Crippen molar-refractivity contribution in [3.05, 3.63) is 34.5 Å². The molecule has 1 saturated carbocycles. The molecule has 3 rings (SSSR count). The zero-order chi connectivity index (χ0) is 26.8. The topological polar surface area (TPSA) is 69.0 Å². The van der Waals surface area contributed by atoms with Gasteiger partial charge in [0.1, 0.15) is 11.0 Å². The highest BCUT2D eigenvalue weighted by Gasteiger charge is 2.47. The molecule has 1 amide bonds. The molecule has 36 heavy (non-hydrogen) atoms. The third-order valence-electron chi connectivity index (χ3n) is 6.62. The molecular formula is C24H30ClF5N4O2. The van der Waals surface area contributed by atoms with Crippen LogP contribution in [0.2, 0.25) is 5.15 Å². The number of pyridine rings is 1. The van der Waals surface area contributed by atoms with E-state index in [4.69, 9.17) is 11.6 Å². The van der Waals surface area contributed by atoms with Crippen molar-refractivity contribution < 1.29 is 31.5 Å². The number of aryl methyl sites for hydroxylation is 1. The highest BCUT2D eigenvalue weighted by molar-refractivity contribution is 6.32. The molecule has 1 aliphatic carbocycles. The summed E-state index contributed by atoms with van der Waals surface area (Å²) in [6, 6.07) is 1.07. The maximum absolute atomic E-state index is 13.3. The lowest BCUT2D eigenvalue weighted by atomic mass is 9.83. The molecule has 0 unspecified atom stereocenters. The second kappa shape index (κ2) is 10.9. The molecule has 0 bridgehead atoms. The van der Waals surface area contributed by atoms with E-state index in [2.05, 4.69) is 26.9 Å². The van der Waals surface area contributed by atoms with Gasteiger partial charge in [0.2, 0.25) is 0 Å². The van der Waals surface area contributed by atoms with Gasteiger partial charge in [0.05, 0.1) is 5.41 Å².